The fraction of sp³-hybridized carbons (Fsp3) is 0.625. The van der Waals surface area contributed by atoms with Gasteiger partial charge >= 0.3 is 0 Å². The molecule has 0 unspecified atom stereocenters. The Kier molecular flexibility index (Phi) is 4.94. The maximum absolute atomic E-state index is 5.36. The molecule has 1 aromatic rings. The van der Waals surface area contributed by atoms with Gasteiger partial charge in [0.25, 0.3) is 0 Å². The van der Waals surface area contributed by atoms with Crippen LogP contribution in [0.1, 0.15) is 37.7 Å². The smallest absolute Gasteiger partial charge is 0.162 e. The van der Waals surface area contributed by atoms with Crippen LogP contribution in [-0.4, -0.2) is 20.8 Å². The van der Waals surface area contributed by atoms with Crippen LogP contribution >= 0.6 is 0 Å². The first-order chi connectivity index (χ1) is 9.24. The van der Waals surface area contributed by atoms with Crippen LogP contribution in [-0.2, 0) is 0 Å². The van der Waals surface area contributed by atoms with E-state index in [1.54, 1.807) is 14.2 Å². The molecule has 1 aliphatic rings. The summed E-state index contributed by atoms with van der Waals surface area (Å²) in [5.74, 6) is 2.41. The minimum atomic E-state index is 0.791. The first-order valence-corrected chi connectivity index (χ1v) is 7.21. The molecule has 0 spiro atoms. The van der Waals surface area contributed by atoms with Crippen LogP contribution in [0.25, 0.3) is 0 Å². The van der Waals surface area contributed by atoms with E-state index in [1.165, 1.54) is 37.7 Å². The Bertz CT molecular complexity index is 411. The second-order valence-corrected chi connectivity index (χ2v) is 5.41. The molecule has 1 saturated carbocycles. The van der Waals surface area contributed by atoms with Gasteiger partial charge < -0.3 is 14.8 Å². The minimum absolute atomic E-state index is 0.791. The lowest BCUT2D eigenvalue weighted by molar-refractivity contribution is 0.354. The monoisotopic (exact) mass is 263 g/mol. The standard InChI is InChI=1S/C16H25NO2/c1-12-9-15(18-2)16(19-3)10-14(12)17-11-13-7-5-4-6-8-13/h9-10,13,17H,4-8,11H2,1-3H3. The third-order valence-corrected chi connectivity index (χ3v) is 4.04. The molecule has 1 fully saturated rings. The fourth-order valence-electron chi connectivity index (χ4n) is 2.82. The van der Waals surface area contributed by atoms with E-state index in [9.17, 15) is 0 Å². The van der Waals surface area contributed by atoms with Gasteiger partial charge in [0, 0.05) is 18.3 Å². The van der Waals surface area contributed by atoms with Gasteiger partial charge in [-0.15, -0.1) is 0 Å². The Labute approximate surface area is 116 Å². The predicted molar refractivity (Wildman–Crippen MR) is 79.3 cm³/mol. The Morgan fingerprint density at radius 3 is 2.32 bits per heavy atom. The number of nitrogens with one attached hydrogen (secondary N) is 1. The SMILES string of the molecule is COc1cc(C)c(NCC2CCCCC2)cc1OC. The molecule has 0 bridgehead atoms. The summed E-state index contributed by atoms with van der Waals surface area (Å²) in [7, 11) is 3.35. The molecule has 0 saturated heterocycles. The predicted octanol–water partition coefficient (Wildman–Crippen LogP) is 4.00. The van der Waals surface area contributed by atoms with Crippen molar-refractivity contribution in [1.29, 1.82) is 0 Å². The van der Waals surface area contributed by atoms with E-state index in [0.29, 0.717) is 0 Å². The van der Waals surface area contributed by atoms with Crippen LogP contribution in [0.3, 0.4) is 0 Å². The highest BCUT2D eigenvalue weighted by atomic mass is 16.5. The summed E-state index contributed by atoms with van der Waals surface area (Å²) >= 11 is 0. The van der Waals surface area contributed by atoms with Crippen molar-refractivity contribution in [2.45, 2.75) is 39.0 Å². The zero-order valence-electron chi connectivity index (χ0n) is 12.3. The molecule has 0 aromatic heterocycles. The topological polar surface area (TPSA) is 30.5 Å². The van der Waals surface area contributed by atoms with Crippen molar-refractivity contribution < 1.29 is 9.47 Å². The zero-order chi connectivity index (χ0) is 13.7. The highest BCUT2D eigenvalue weighted by molar-refractivity contribution is 5.60. The summed E-state index contributed by atoms with van der Waals surface area (Å²) in [6, 6.07) is 4.07. The van der Waals surface area contributed by atoms with E-state index in [2.05, 4.69) is 12.2 Å². The maximum Gasteiger partial charge on any atom is 0.162 e. The molecule has 1 aromatic carbocycles. The van der Waals surface area contributed by atoms with E-state index >= 15 is 0 Å². The third kappa shape index (κ3) is 3.55. The Balaban J connectivity index is 2.02. The molecule has 0 radical (unpaired) electrons. The summed E-state index contributed by atoms with van der Waals surface area (Å²) < 4.78 is 10.7. The average molecular weight is 263 g/mol. The van der Waals surface area contributed by atoms with Gasteiger partial charge in [0.05, 0.1) is 14.2 Å². The van der Waals surface area contributed by atoms with Gasteiger partial charge in [0.15, 0.2) is 11.5 Å². The van der Waals surface area contributed by atoms with Gasteiger partial charge in [-0.25, -0.2) is 0 Å². The lowest BCUT2D eigenvalue weighted by Crippen LogP contribution is -2.17. The molecular formula is C16H25NO2. The van der Waals surface area contributed by atoms with E-state index in [0.717, 1.165) is 29.6 Å². The van der Waals surface area contributed by atoms with E-state index in [1.807, 2.05) is 12.1 Å². The highest BCUT2D eigenvalue weighted by Gasteiger charge is 2.14. The van der Waals surface area contributed by atoms with Gasteiger partial charge in [-0.2, -0.15) is 0 Å². The molecule has 0 heterocycles. The second-order valence-electron chi connectivity index (χ2n) is 5.41. The number of methoxy groups -OCH3 is 2. The van der Waals surface area contributed by atoms with Crippen LogP contribution in [0.15, 0.2) is 12.1 Å². The fourth-order valence-corrected chi connectivity index (χ4v) is 2.82. The van der Waals surface area contributed by atoms with Gasteiger partial charge in [0.2, 0.25) is 0 Å². The molecule has 1 N–H and O–H groups in total. The molecule has 0 amide bonds. The van der Waals surface area contributed by atoms with E-state index < -0.39 is 0 Å². The van der Waals surface area contributed by atoms with Crippen LogP contribution in [0.2, 0.25) is 0 Å². The first kappa shape index (κ1) is 14.0. The molecular weight excluding hydrogens is 238 g/mol. The van der Waals surface area contributed by atoms with Crippen molar-refractivity contribution in [3.8, 4) is 11.5 Å². The number of anilines is 1. The largest absolute Gasteiger partial charge is 0.493 e. The zero-order valence-corrected chi connectivity index (χ0v) is 12.3. The van der Waals surface area contributed by atoms with Crippen molar-refractivity contribution in [1.82, 2.24) is 0 Å². The van der Waals surface area contributed by atoms with Gasteiger partial charge in [-0.1, -0.05) is 19.3 Å². The van der Waals surface area contributed by atoms with E-state index in [-0.39, 0.29) is 0 Å². The van der Waals surface area contributed by atoms with Gasteiger partial charge in [-0.05, 0) is 37.3 Å². The summed E-state index contributed by atoms with van der Waals surface area (Å²) in [5.41, 5.74) is 2.36. The molecule has 3 heteroatoms. The van der Waals surface area contributed by atoms with Crippen LogP contribution in [0.5, 0.6) is 11.5 Å². The maximum atomic E-state index is 5.36. The molecule has 1 aliphatic carbocycles. The molecule has 106 valence electrons. The number of ether oxygens (including phenoxy) is 2. The Morgan fingerprint density at radius 2 is 1.68 bits per heavy atom. The minimum Gasteiger partial charge on any atom is -0.493 e. The third-order valence-electron chi connectivity index (χ3n) is 4.04. The second kappa shape index (κ2) is 6.69. The summed E-state index contributed by atoms with van der Waals surface area (Å²) in [6.07, 6.45) is 6.90. The quantitative estimate of drug-likeness (QED) is 0.871. The molecule has 19 heavy (non-hydrogen) atoms. The van der Waals surface area contributed by atoms with Crippen LogP contribution in [0.4, 0.5) is 5.69 Å². The summed E-state index contributed by atoms with van der Waals surface area (Å²) in [4.78, 5) is 0. The van der Waals surface area contributed by atoms with Gasteiger partial charge in [0.1, 0.15) is 0 Å². The van der Waals surface area contributed by atoms with E-state index in [4.69, 9.17) is 9.47 Å². The molecule has 2 rings (SSSR count). The Morgan fingerprint density at radius 1 is 1.05 bits per heavy atom. The highest BCUT2D eigenvalue weighted by Crippen LogP contribution is 2.33. The number of aryl methyl sites for hydroxylation is 1. The summed E-state index contributed by atoms with van der Waals surface area (Å²) in [5, 5.41) is 3.57. The molecule has 0 atom stereocenters. The van der Waals surface area contributed by atoms with Crippen molar-refractivity contribution in [2.24, 2.45) is 5.92 Å². The number of hydrogen-bond donors (Lipinski definition) is 1. The average Bonchev–Trinajstić information content (AvgIpc) is 2.46. The van der Waals surface area contributed by atoms with Crippen molar-refractivity contribution in [3.63, 3.8) is 0 Å². The lowest BCUT2D eigenvalue weighted by atomic mass is 9.89. The first-order valence-electron chi connectivity index (χ1n) is 7.21. The summed E-state index contributed by atoms with van der Waals surface area (Å²) in [6.45, 7) is 3.17. The van der Waals surface area contributed by atoms with Crippen molar-refractivity contribution in [2.75, 3.05) is 26.1 Å². The number of hydrogen-bond acceptors (Lipinski definition) is 3. The number of benzene rings is 1. The normalized spacial score (nSPS) is 16.2. The molecule has 0 aliphatic heterocycles. The van der Waals surface area contributed by atoms with Crippen LogP contribution in [0, 0.1) is 12.8 Å². The lowest BCUT2D eigenvalue weighted by Gasteiger charge is -2.23. The van der Waals surface area contributed by atoms with Crippen molar-refractivity contribution >= 4 is 5.69 Å². The van der Waals surface area contributed by atoms with Gasteiger partial charge in [-0.3, -0.25) is 0 Å². The van der Waals surface area contributed by atoms with Crippen molar-refractivity contribution in [3.05, 3.63) is 17.7 Å². The number of rotatable bonds is 5. The van der Waals surface area contributed by atoms with Crippen LogP contribution < -0.4 is 14.8 Å². The molecule has 3 nitrogen and oxygen atoms in total. The Hall–Kier alpha value is -1.38.